The number of nitrogens with two attached hydrogens (primary N) is 1. The number of benzene rings is 1. The lowest BCUT2D eigenvalue weighted by Gasteiger charge is -2.30. The predicted octanol–water partition coefficient (Wildman–Crippen LogP) is 3.47. The van der Waals surface area contributed by atoms with Crippen molar-refractivity contribution in [1.29, 1.82) is 0 Å². The van der Waals surface area contributed by atoms with Gasteiger partial charge in [0.2, 0.25) is 5.91 Å². The Hall–Kier alpha value is -2.35. The number of likely N-dealkylation sites (tertiary alicyclic amines) is 1. The highest BCUT2D eigenvalue weighted by Gasteiger charge is 2.58. The Morgan fingerprint density at radius 1 is 1.36 bits per heavy atom. The lowest BCUT2D eigenvalue weighted by molar-refractivity contribution is -0.127. The molecule has 1 saturated carbocycles. The fraction of sp³-hybridized carbons (Fsp3) is 0.400. The summed E-state index contributed by atoms with van der Waals surface area (Å²) < 4.78 is 27.1. The molecule has 2 fully saturated rings. The first kappa shape index (κ1) is 19.0. The van der Waals surface area contributed by atoms with Crippen molar-refractivity contribution in [2.45, 2.75) is 44.7 Å². The number of nitrogens with zero attached hydrogens (tertiary/aromatic N) is 2. The molecule has 2 aromatic rings. The van der Waals surface area contributed by atoms with Gasteiger partial charge in [-0.25, -0.2) is 13.8 Å². The highest BCUT2D eigenvalue weighted by Crippen LogP contribution is 2.51. The first-order chi connectivity index (χ1) is 13.2. The van der Waals surface area contributed by atoms with Crippen molar-refractivity contribution in [3.8, 4) is 10.4 Å². The van der Waals surface area contributed by atoms with Gasteiger partial charge < -0.3 is 10.6 Å². The standard InChI is InChI=1S/C20H20F2N3O2S/c1-10-9-20(19(23)27)7-3-4-15(20)25(10)18(26)16-17(28-11(2)24-16)12-5-6-13(21)14(22)8-12/h5-6,8,10,15H,1,3-4,7,9H2,2H3,(H2,23,27)/t10-,15-,20-/m0/s1. The summed E-state index contributed by atoms with van der Waals surface area (Å²) in [5.41, 5.74) is 5.52. The summed E-state index contributed by atoms with van der Waals surface area (Å²) in [4.78, 5) is 32.1. The Morgan fingerprint density at radius 3 is 2.79 bits per heavy atom. The van der Waals surface area contributed by atoms with Gasteiger partial charge in [0.1, 0.15) is 5.69 Å². The van der Waals surface area contributed by atoms with E-state index in [2.05, 4.69) is 11.9 Å². The number of rotatable bonds is 3. The third-order valence-electron chi connectivity index (χ3n) is 5.91. The Morgan fingerprint density at radius 2 is 2.11 bits per heavy atom. The zero-order valence-electron chi connectivity index (χ0n) is 15.4. The van der Waals surface area contributed by atoms with Crippen LogP contribution in [-0.2, 0) is 4.79 Å². The van der Waals surface area contributed by atoms with Crippen LogP contribution in [-0.4, -0.2) is 33.8 Å². The fourth-order valence-corrected chi connectivity index (χ4v) is 5.60. The molecule has 0 unspecified atom stereocenters. The van der Waals surface area contributed by atoms with Crippen LogP contribution in [0, 0.1) is 30.9 Å². The zero-order chi connectivity index (χ0) is 20.2. The Bertz CT molecular complexity index is 976. The van der Waals surface area contributed by atoms with Crippen molar-refractivity contribution in [2.75, 3.05) is 0 Å². The van der Waals surface area contributed by atoms with Crippen LogP contribution < -0.4 is 5.73 Å². The summed E-state index contributed by atoms with van der Waals surface area (Å²) in [6, 6.07) is 2.82. The van der Waals surface area contributed by atoms with Crippen molar-refractivity contribution >= 4 is 23.2 Å². The van der Waals surface area contributed by atoms with E-state index >= 15 is 0 Å². The van der Waals surface area contributed by atoms with E-state index in [1.54, 1.807) is 11.8 Å². The third kappa shape index (κ3) is 2.73. The molecule has 3 atom stereocenters. The van der Waals surface area contributed by atoms with E-state index in [9.17, 15) is 18.4 Å². The minimum atomic E-state index is -0.985. The van der Waals surface area contributed by atoms with Crippen LogP contribution in [0.2, 0.25) is 0 Å². The number of aromatic nitrogens is 1. The summed E-state index contributed by atoms with van der Waals surface area (Å²) in [6.07, 6.45) is 2.58. The van der Waals surface area contributed by atoms with E-state index < -0.39 is 29.0 Å². The largest absolute Gasteiger partial charge is 0.369 e. The van der Waals surface area contributed by atoms with Crippen molar-refractivity contribution in [2.24, 2.45) is 11.1 Å². The van der Waals surface area contributed by atoms with Crippen molar-refractivity contribution < 1.29 is 18.4 Å². The van der Waals surface area contributed by atoms with Gasteiger partial charge in [-0.2, -0.15) is 0 Å². The monoisotopic (exact) mass is 404 g/mol. The van der Waals surface area contributed by atoms with E-state index in [1.807, 2.05) is 0 Å². The van der Waals surface area contributed by atoms with Gasteiger partial charge >= 0.3 is 0 Å². The van der Waals surface area contributed by atoms with Gasteiger partial charge in [-0.05, 0) is 50.8 Å². The number of hydrogen-bond acceptors (Lipinski definition) is 4. The molecule has 28 heavy (non-hydrogen) atoms. The van der Waals surface area contributed by atoms with Gasteiger partial charge in [-0.15, -0.1) is 11.3 Å². The number of hydrogen-bond donors (Lipinski definition) is 1. The molecule has 8 heteroatoms. The van der Waals surface area contributed by atoms with Crippen molar-refractivity contribution in [3.63, 3.8) is 0 Å². The Balaban J connectivity index is 1.75. The average Bonchev–Trinajstić information content (AvgIpc) is 3.28. The molecule has 4 rings (SSSR count). The topological polar surface area (TPSA) is 76.3 Å². The molecule has 1 aliphatic carbocycles. The summed E-state index contributed by atoms with van der Waals surface area (Å²) in [6.45, 7) is 5.82. The maximum Gasteiger partial charge on any atom is 0.274 e. The predicted molar refractivity (Wildman–Crippen MR) is 101 cm³/mol. The number of fused-ring (bicyclic) bond motifs is 1. The molecule has 5 nitrogen and oxygen atoms in total. The van der Waals surface area contributed by atoms with Gasteiger partial charge in [0.25, 0.3) is 5.91 Å². The first-order valence-corrected chi connectivity index (χ1v) is 9.95. The van der Waals surface area contributed by atoms with Gasteiger partial charge in [-0.3, -0.25) is 9.59 Å². The number of aryl methyl sites for hydroxylation is 1. The van der Waals surface area contributed by atoms with Crippen LogP contribution in [0.3, 0.4) is 0 Å². The highest BCUT2D eigenvalue weighted by molar-refractivity contribution is 7.15. The van der Waals surface area contributed by atoms with Crippen LogP contribution in [0.5, 0.6) is 0 Å². The summed E-state index contributed by atoms with van der Waals surface area (Å²) in [5.74, 6) is -2.68. The highest BCUT2D eigenvalue weighted by atomic mass is 32.1. The average molecular weight is 404 g/mol. The molecule has 2 heterocycles. The van der Waals surface area contributed by atoms with Crippen LogP contribution in [0.25, 0.3) is 10.4 Å². The van der Waals surface area contributed by atoms with Gasteiger partial charge in [0.05, 0.1) is 15.3 Å². The number of amides is 2. The molecule has 2 aliphatic rings. The molecular formula is C20H20F2N3O2S. The molecule has 1 aromatic carbocycles. The van der Waals surface area contributed by atoms with Gasteiger partial charge in [0, 0.05) is 12.1 Å². The van der Waals surface area contributed by atoms with Crippen LogP contribution in [0.4, 0.5) is 8.78 Å². The molecule has 2 amide bonds. The maximum absolute atomic E-state index is 13.7. The Kier molecular flexibility index (Phi) is 4.49. The number of halogens is 2. The quantitative estimate of drug-likeness (QED) is 0.851. The summed E-state index contributed by atoms with van der Waals surface area (Å²) >= 11 is 1.24. The van der Waals surface area contributed by atoms with Crippen LogP contribution in [0.1, 0.15) is 41.2 Å². The van der Waals surface area contributed by atoms with E-state index in [0.29, 0.717) is 34.7 Å². The van der Waals surface area contributed by atoms with E-state index in [1.165, 1.54) is 17.4 Å². The maximum atomic E-state index is 13.7. The molecule has 0 spiro atoms. The van der Waals surface area contributed by atoms with Crippen LogP contribution in [0.15, 0.2) is 18.2 Å². The SMILES string of the molecule is [CH2][C@H]1C[C@@]2(C(N)=O)CCC[C@@H]2N1C(=O)c1nc(C)sc1-c1ccc(F)c(F)c1. The summed E-state index contributed by atoms with van der Waals surface area (Å²) in [5, 5.41) is 0.635. The molecule has 1 aromatic heterocycles. The van der Waals surface area contributed by atoms with Gasteiger partial charge in [-0.1, -0.05) is 12.5 Å². The minimum Gasteiger partial charge on any atom is -0.369 e. The molecule has 1 aliphatic heterocycles. The lowest BCUT2D eigenvalue weighted by Crippen LogP contribution is -2.46. The lowest BCUT2D eigenvalue weighted by atomic mass is 9.80. The zero-order valence-corrected chi connectivity index (χ0v) is 16.2. The second-order valence-corrected chi connectivity index (χ2v) is 8.74. The second-order valence-electron chi connectivity index (χ2n) is 7.54. The Labute approximate surface area is 165 Å². The molecular weight excluding hydrogens is 384 g/mol. The minimum absolute atomic E-state index is 0.175. The van der Waals surface area contributed by atoms with E-state index in [4.69, 9.17) is 5.73 Å². The number of carbonyl (C=O) groups is 2. The molecule has 1 saturated heterocycles. The first-order valence-electron chi connectivity index (χ1n) is 9.13. The number of primary amides is 1. The summed E-state index contributed by atoms with van der Waals surface area (Å²) in [7, 11) is 0. The normalized spacial score (nSPS) is 26.5. The molecule has 2 N–H and O–H groups in total. The molecule has 147 valence electrons. The molecule has 0 bridgehead atoms. The third-order valence-corrected chi connectivity index (χ3v) is 6.93. The molecule has 1 radical (unpaired) electrons. The van der Waals surface area contributed by atoms with Gasteiger partial charge in [0.15, 0.2) is 11.6 Å². The van der Waals surface area contributed by atoms with E-state index in [-0.39, 0.29) is 17.6 Å². The second kappa shape index (κ2) is 6.62. The van der Waals surface area contributed by atoms with E-state index in [0.717, 1.165) is 18.6 Å². The van der Waals surface area contributed by atoms with Crippen molar-refractivity contribution in [3.05, 3.63) is 47.5 Å². The van der Waals surface area contributed by atoms with Crippen molar-refractivity contribution in [1.82, 2.24) is 9.88 Å². The van der Waals surface area contributed by atoms with Crippen LogP contribution >= 0.6 is 11.3 Å². The fourth-order valence-electron chi connectivity index (χ4n) is 4.69. The number of thiazole rings is 1. The number of carbonyl (C=O) groups excluding carboxylic acids is 2. The smallest absolute Gasteiger partial charge is 0.274 e.